The van der Waals surface area contributed by atoms with Gasteiger partial charge in [-0.15, -0.1) is 0 Å². The summed E-state index contributed by atoms with van der Waals surface area (Å²) in [6.07, 6.45) is 0.404. The highest BCUT2D eigenvalue weighted by molar-refractivity contribution is 6.33. The maximum atomic E-state index is 11.3. The van der Waals surface area contributed by atoms with Crippen molar-refractivity contribution in [3.8, 4) is 11.1 Å². The second kappa shape index (κ2) is 6.55. The van der Waals surface area contributed by atoms with Crippen molar-refractivity contribution in [1.82, 2.24) is 0 Å². The van der Waals surface area contributed by atoms with Crippen molar-refractivity contribution in [1.29, 1.82) is 0 Å². The highest BCUT2D eigenvalue weighted by atomic mass is 35.5. The van der Waals surface area contributed by atoms with Crippen LogP contribution in [0.1, 0.15) is 5.56 Å². The summed E-state index contributed by atoms with van der Waals surface area (Å²) in [5, 5.41) is 0.644. The van der Waals surface area contributed by atoms with Crippen molar-refractivity contribution in [2.45, 2.75) is 12.5 Å². The van der Waals surface area contributed by atoms with Crippen LogP contribution < -0.4 is 5.73 Å². The van der Waals surface area contributed by atoms with Gasteiger partial charge in [0.2, 0.25) is 0 Å². The van der Waals surface area contributed by atoms with Crippen LogP contribution in [0, 0.1) is 0 Å². The quantitative estimate of drug-likeness (QED) is 0.880. The van der Waals surface area contributed by atoms with Crippen LogP contribution in [-0.4, -0.2) is 19.1 Å². The van der Waals surface area contributed by atoms with Gasteiger partial charge in [0.15, 0.2) is 0 Å². The third kappa shape index (κ3) is 3.38. The number of methoxy groups -OCH3 is 1. The molecule has 1 unspecified atom stereocenters. The van der Waals surface area contributed by atoms with Gasteiger partial charge in [0, 0.05) is 10.6 Å². The molecule has 0 radical (unpaired) electrons. The Hall–Kier alpha value is -1.84. The Kier molecular flexibility index (Phi) is 4.77. The summed E-state index contributed by atoms with van der Waals surface area (Å²) in [4.78, 5) is 11.3. The van der Waals surface area contributed by atoms with Crippen molar-refractivity contribution in [2.24, 2.45) is 5.73 Å². The van der Waals surface area contributed by atoms with Gasteiger partial charge in [-0.25, -0.2) is 0 Å². The predicted molar refractivity (Wildman–Crippen MR) is 80.6 cm³/mol. The molecule has 0 aliphatic carbocycles. The largest absolute Gasteiger partial charge is 0.468 e. The minimum atomic E-state index is -0.668. The van der Waals surface area contributed by atoms with Crippen LogP contribution in [0.4, 0.5) is 0 Å². The molecule has 0 spiro atoms. The number of rotatable bonds is 4. The number of hydrogen-bond donors (Lipinski definition) is 1. The zero-order valence-corrected chi connectivity index (χ0v) is 11.9. The number of ether oxygens (including phenoxy) is 1. The van der Waals surface area contributed by atoms with Gasteiger partial charge in [0.05, 0.1) is 7.11 Å². The lowest BCUT2D eigenvalue weighted by atomic mass is 10.0. The van der Waals surface area contributed by atoms with Gasteiger partial charge in [0.25, 0.3) is 0 Å². The SMILES string of the molecule is COC(=O)C(N)Cc1ccc(-c2ccccc2)c(Cl)c1. The Morgan fingerprint density at radius 2 is 1.95 bits per heavy atom. The molecule has 0 heterocycles. The third-order valence-corrected chi connectivity index (χ3v) is 3.39. The third-order valence-electron chi connectivity index (χ3n) is 3.08. The van der Waals surface area contributed by atoms with E-state index >= 15 is 0 Å². The molecule has 3 nitrogen and oxygen atoms in total. The zero-order valence-electron chi connectivity index (χ0n) is 11.2. The van der Waals surface area contributed by atoms with Gasteiger partial charge in [-0.1, -0.05) is 54.1 Å². The Bertz CT molecular complexity index is 599. The molecule has 0 aliphatic heterocycles. The molecule has 2 N–H and O–H groups in total. The van der Waals surface area contributed by atoms with Crippen molar-refractivity contribution in [2.75, 3.05) is 7.11 Å². The number of halogens is 1. The van der Waals surface area contributed by atoms with Crippen molar-refractivity contribution >= 4 is 17.6 Å². The van der Waals surface area contributed by atoms with E-state index in [0.717, 1.165) is 16.7 Å². The highest BCUT2D eigenvalue weighted by Crippen LogP contribution is 2.28. The molecular formula is C16H16ClNO2. The van der Waals surface area contributed by atoms with E-state index in [4.69, 9.17) is 17.3 Å². The molecule has 0 aromatic heterocycles. The molecular weight excluding hydrogens is 274 g/mol. The molecule has 2 aromatic rings. The fourth-order valence-corrected chi connectivity index (χ4v) is 2.34. The molecule has 0 saturated heterocycles. The molecule has 104 valence electrons. The van der Waals surface area contributed by atoms with Crippen LogP contribution in [0.5, 0.6) is 0 Å². The molecule has 0 fully saturated rings. The second-order valence-corrected chi connectivity index (χ2v) is 4.92. The summed E-state index contributed by atoms with van der Waals surface area (Å²) >= 11 is 6.30. The normalized spacial score (nSPS) is 11.9. The number of benzene rings is 2. The van der Waals surface area contributed by atoms with Crippen LogP contribution in [0.15, 0.2) is 48.5 Å². The lowest BCUT2D eigenvalue weighted by Crippen LogP contribution is -2.33. The Morgan fingerprint density at radius 1 is 1.25 bits per heavy atom. The maximum Gasteiger partial charge on any atom is 0.322 e. The van der Waals surface area contributed by atoms with Gasteiger partial charge in [-0.3, -0.25) is 4.79 Å². The molecule has 0 saturated carbocycles. The highest BCUT2D eigenvalue weighted by Gasteiger charge is 2.15. The van der Waals surface area contributed by atoms with Gasteiger partial charge in [0.1, 0.15) is 6.04 Å². The fraction of sp³-hybridized carbons (Fsp3) is 0.188. The van der Waals surface area contributed by atoms with Crippen molar-refractivity contribution < 1.29 is 9.53 Å². The van der Waals surface area contributed by atoms with E-state index in [-0.39, 0.29) is 0 Å². The summed E-state index contributed by atoms with van der Waals surface area (Å²) in [5.74, 6) is -0.423. The number of hydrogen-bond acceptors (Lipinski definition) is 3. The first-order chi connectivity index (χ1) is 9.61. The van der Waals surface area contributed by atoms with Crippen molar-refractivity contribution in [3.63, 3.8) is 0 Å². The average Bonchev–Trinajstić information content (AvgIpc) is 2.47. The Morgan fingerprint density at radius 3 is 2.55 bits per heavy atom. The molecule has 0 bridgehead atoms. The average molecular weight is 290 g/mol. The molecule has 4 heteroatoms. The van der Waals surface area contributed by atoms with E-state index < -0.39 is 12.0 Å². The number of carbonyl (C=O) groups excluding carboxylic acids is 1. The van der Waals surface area contributed by atoms with E-state index in [1.54, 1.807) is 0 Å². The van der Waals surface area contributed by atoms with Crippen LogP contribution in [0.3, 0.4) is 0 Å². The Labute approximate surface area is 123 Å². The molecule has 2 rings (SSSR count). The number of nitrogens with two attached hydrogens (primary N) is 1. The second-order valence-electron chi connectivity index (χ2n) is 4.51. The van der Waals surface area contributed by atoms with Crippen LogP contribution in [-0.2, 0) is 16.0 Å². The number of esters is 1. The molecule has 1 atom stereocenters. The molecule has 0 aliphatic rings. The maximum absolute atomic E-state index is 11.3. The summed E-state index contributed by atoms with van der Waals surface area (Å²) < 4.78 is 4.61. The molecule has 2 aromatic carbocycles. The summed E-state index contributed by atoms with van der Waals surface area (Å²) in [5.41, 5.74) is 8.67. The fourth-order valence-electron chi connectivity index (χ4n) is 2.03. The first kappa shape index (κ1) is 14.6. The van der Waals surface area contributed by atoms with Crippen LogP contribution >= 0.6 is 11.6 Å². The zero-order chi connectivity index (χ0) is 14.5. The lowest BCUT2D eigenvalue weighted by Gasteiger charge is -2.11. The lowest BCUT2D eigenvalue weighted by molar-refractivity contribution is -0.142. The monoisotopic (exact) mass is 289 g/mol. The van der Waals surface area contributed by atoms with E-state index in [2.05, 4.69) is 4.74 Å². The minimum Gasteiger partial charge on any atom is -0.468 e. The van der Waals surface area contributed by atoms with E-state index in [9.17, 15) is 4.79 Å². The first-order valence-corrected chi connectivity index (χ1v) is 6.67. The van der Waals surface area contributed by atoms with Gasteiger partial charge >= 0.3 is 5.97 Å². The predicted octanol–water partition coefficient (Wildman–Crippen LogP) is 3.05. The van der Waals surface area contributed by atoms with Gasteiger partial charge < -0.3 is 10.5 Å². The summed E-state index contributed by atoms with van der Waals surface area (Å²) in [7, 11) is 1.33. The molecule has 0 amide bonds. The van der Waals surface area contributed by atoms with Crippen LogP contribution in [0.25, 0.3) is 11.1 Å². The first-order valence-electron chi connectivity index (χ1n) is 6.29. The van der Waals surface area contributed by atoms with E-state index in [1.807, 2.05) is 48.5 Å². The summed E-state index contributed by atoms with van der Waals surface area (Å²) in [6, 6.07) is 14.9. The smallest absolute Gasteiger partial charge is 0.322 e. The number of carbonyl (C=O) groups is 1. The van der Waals surface area contributed by atoms with Gasteiger partial charge in [-0.05, 0) is 23.6 Å². The van der Waals surface area contributed by atoms with E-state index in [0.29, 0.717) is 11.4 Å². The Balaban J connectivity index is 2.20. The topological polar surface area (TPSA) is 52.3 Å². The minimum absolute atomic E-state index is 0.404. The summed E-state index contributed by atoms with van der Waals surface area (Å²) in [6.45, 7) is 0. The van der Waals surface area contributed by atoms with Gasteiger partial charge in [-0.2, -0.15) is 0 Å². The van der Waals surface area contributed by atoms with Crippen LogP contribution in [0.2, 0.25) is 5.02 Å². The standard InChI is InChI=1S/C16H16ClNO2/c1-20-16(19)15(18)10-11-7-8-13(14(17)9-11)12-5-3-2-4-6-12/h2-9,15H,10,18H2,1H3. The van der Waals surface area contributed by atoms with E-state index in [1.165, 1.54) is 7.11 Å². The van der Waals surface area contributed by atoms with Crippen molar-refractivity contribution in [3.05, 3.63) is 59.1 Å². The molecule has 20 heavy (non-hydrogen) atoms.